The minimum Gasteiger partial charge on any atom is -0.325 e. The third-order valence-electron chi connectivity index (χ3n) is 3.27. The molecule has 128 valence electrons. The first-order chi connectivity index (χ1) is 11.3. The number of benzene rings is 2. The molecule has 0 fully saturated rings. The predicted octanol–water partition coefficient (Wildman–Crippen LogP) is 3.47. The average Bonchev–Trinajstić information content (AvgIpc) is 2.56. The average molecular weight is 387 g/mol. The normalized spacial score (nSPS) is 11.3. The quantitative estimate of drug-likeness (QED) is 0.797. The van der Waals surface area contributed by atoms with E-state index >= 15 is 0 Å². The lowest BCUT2D eigenvalue weighted by atomic mass is 10.1. The molecule has 0 unspecified atom stereocenters. The van der Waals surface area contributed by atoms with E-state index in [-0.39, 0.29) is 14.9 Å². The molecule has 0 saturated heterocycles. The number of amides is 1. The van der Waals surface area contributed by atoms with Crippen molar-refractivity contribution in [2.24, 2.45) is 0 Å². The van der Waals surface area contributed by atoms with Gasteiger partial charge in [0.1, 0.15) is 0 Å². The van der Waals surface area contributed by atoms with Crippen molar-refractivity contribution in [1.82, 2.24) is 4.72 Å². The Bertz CT molecular complexity index is 837. The van der Waals surface area contributed by atoms with Crippen LogP contribution in [0.25, 0.3) is 0 Å². The standard InChI is InChI=1S/C16H16Cl2N2O3S/c1-2-11-3-5-12(6-4-11)20-16(21)10-19-24(22,23)13-7-8-14(17)15(18)9-13/h3-9,19H,2,10H2,1H3,(H,20,21). The van der Waals surface area contributed by atoms with E-state index in [0.29, 0.717) is 5.69 Å². The van der Waals surface area contributed by atoms with Crippen LogP contribution in [0.15, 0.2) is 47.4 Å². The summed E-state index contributed by atoms with van der Waals surface area (Å²) in [5, 5.41) is 3.00. The maximum atomic E-state index is 12.1. The molecule has 2 rings (SSSR count). The van der Waals surface area contributed by atoms with Crippen LogP contribution in [0.4, 0.5) is 5.69 Å². The smallest absolute Gasteiger partial charge is 0.241 e. The topological polar surface area (TPSA) is 75.3 Å². The molecule has 2 N–H and O–H groups in total. The monoisotopic (exact) mass is 386 g/mol. The van der Waals surface area contributed by atoms with E-state index in [0.717, 1.165) is 12.0 Å². The largest absolute Gasteiger partial charge is 0.325 e. The van der Waals surface area contributed by atoms with E-state index in [4.69, 9.17) is 23.2 Å². The van der Waals surface area contributed by atoms with Crippen molar-refractivity contribution in [3.8, 4) is 0 Å². The highest BCUT2D eigenvalue weighted by Gasteiger charge is 2.16. The van der Waals surface area contributed by atoms with Crippen LogP contribution in [0, 0.1) is 0 Å². The van der Waals surface area contributed by atoms with Gasteiger partial charge >= 0.3 is 0 Å². The van der Waals surface area contributed by atoms with Crippen molar-refractivity contribution in [2.45, 2.75) is 18.2 Å². The zero-order chi connectivity index (χ0) is 17.7. The number of hydrogen-bond donors (Lipinski definition) is 2. The Kier molecular flexibility index (Phi) is 6.23. The first-order valence-electron chi connectivity index (χ1n) is 7.15. The number of aryl methyl sites for hydroxylation is 1. The van der Waals surface area contributed by atoms with Gasteiger partial charge in [0.2, 0.25) is 15.9 Å². The summed E-state index contributed by atoms with van der Waals surface area (Å²) in [4.78, 5) is 11.8. The van der Waals surface area contributed by atoms with Crippen molar-refractivity contribution in [3.63, 3.8) is 0 Å². The number of rotatable bonds is 6. The summed E-state index contributed by atoms with van der Waals surface area (Å²) in [7, 11) is -3.85. The van der Waals surface area contributed by atoms with Gasteiger partial charge < -0.3 is 5.32 Å². The van der Waals surface area contributed by atoms with E-state index < -0.39 is 22.5 Å². The summed E-state index contributed by atoms with van der Waals surface area (Å²) >= 11 is 11.6. The molecular formula is C16H16Cl2N2O3S. The van der Waals surface area contributed by atoms with Crippen molar-refractivity contribution in [3.05, 3.63) is 58.1 Å². The molecule has 5 nitrogen and oxygen atoms in total. The fraction of sp³-hybridized carbons (Fsp3) is 0.188. The van der Waals surface area contributed by atoms with E-state index in [9.17, 15) is 13.2 Å². The van der Waals surface area contributed by atoms with Crippen LogP contribution in [0.3, 0.4) is 0 Å². The number of hydrogen-bond acceptors (Lipinski definition) is 3. The van der Waals surface area contributed by atoms with Gasteiger partial charge in [-0.15, -0.1) is 0 Å². The summed E-state index contributed by atoms with van der Waals surface area (Å²) in [5.74, 6) is -0.470. The second-order valence-corrected chi connectivity index (χ2v) is 7.58. The Hall–Kier alpha value is -1.60. The molecule has 0 saturated carbocycles. The number of carbonyl (C=O) groups is 1. The number of nitrogens with one attached hydrogen (secondary N) is 2. The lowest BCUT2D eigenvalue weighted by Crippen LogP contribution is -2.32. The van der Waals surface area contributed by atoms with Gasteiger partial charge in [0.15, 0.2) is 0 Å². The number of carbonyl (C=O) groups excluding carboxylic acids is 1. The van der Waals surface area contributed by atoms with Crippen LogP contribution < -0.4 is 10.0 Å². The van der Waals surface area contributed by atoms with Gasteiger partial charge in [-0.25, -0.2) is 13.1 Å². The highest BCUT2D eigenvalue weighted by atomic mass is 35.5. The SMILES string of the molecule is CCc1ccc(NC(=O)CNS(=O)(=O)c2ccc(Cl)c(Cl)c2)cc1. The molecule has 0 bridgehead atoms. The molecule has 0 aliphatic carbocycles. The summed E-state index contributed by atoms with van der Waals surface area (Å²) in [6, 6.07) is 11.3. The molecule has 8 heteroatoms. The molecule has 0 aromatic heterocycles. The first kappa shape index (κ1) is 18.7. The summed E-state index contributed by atoms with van der Waals surface area (Å²) in [6.07, 6.45) is 0.900. The molecule has 2 aromatic rings. The molecule has 24 heavy (non-hydrogen) atoms. The molecule has 0 heterocycles. The van der Waals surface area contributed by atoms with E-state index in [1.807, 2.05) is 19.1 Å². The van der Waals surface area contributed by atoms with Gasteiger partial charge in [0.25, 0.3) is 0 Å². The third-order valence-corrected chi connectivity index (χ3v) is 5.41. The molecule has 0 aliphatic heterocycles. The van der Waals surface area contributed by atoms with Crippen molar-refractivity contribution >= 4 is 44.8 Å². The van der Waals surface area contributed by atoms with Crippen molar-refractivity contribution in [2.75, 3.05) is 11.9 Å². The number of anilines is 1. The van der Waals surface area contributed by atoms with Crippen LogP contribution in [-0.4, -0.2) is 20.9 Å². The van der Waals surface area contributed by atoms with Crippen LogP contribution in [0.5, 0.6) is 0 Å². The molecule has 0 radical (unpaired) electrons. The fourth-order valence-electron chi connectivity index (χ4n) is 1.92. The van der Waals surface area contributed by atoms with Gasteiger partial charge in [-0.2, -0.15) is 0 Å². The highest BCUT2D eigenvalue weighted by Crippen LogP contribution is 2.24. The number of sulfonamides is 1. The molecule has 0 aliphatic rings. The Morgan fingerprint density at radius 3 is 2.29 bits per heavy atom. The minimum absolute atomic E-state index is 0.0583. The van der Waals surface area contributed by atoms with Gasteiger partial charge in [-0.3, -0.25) is 4.79 Å². The molecule has 2 aromatic carbocycles. The zero-order valence-electron chi connectivity index (χ0n) is 12.8. The maximum Gasteiger partial charge on any atom is 0.241 e. The Balaban J connectivity index is 1.97. The van der Waals surface area contributed by atoms with Gasteiger partial charge in [0.05, 0.1) is 21.5 Å². The second-order valence-electron chi connectivity index (χ2n) is 5.00. The van der Waals surface area contributed by atoms with Crippen LogP contribution in [0.2, 0.25) is 10.0 Å². The molecular weight excluding hydrogens is 371 g/mol. The third kappa shape index (κ3) is 4.95. The van der Waals surface area contributed by atoms with Crippen LogP contribution in [-0.2, 0) is 21.2 Å². The molecule has 1 amide bonds. The zero-order valence-corrected chi connectivity index (χ0v) is 15.2. The summed E-state index contributed by atoms with van der Waals surface area (Å²) in [5.41, 5.74) is 1.75. The lowest BCUT2D eigenvalue weighted by Gasteiger charge is -2.09. The summed E-state index contributed by atoms with van der Waals surface area (Å²) < 4.78 is 26.5. The Morgan fingerprint density at radius 1 is 1.04 bits per heavy atom. The van der Waals surface area contributed by atoms with E-state index in [1.165, 1.54) is 18.2 Å². The van der Waals surface area contributed by atoms with Gasteiger partial charge in [-0.1, -0.05) is 42.3 Å². The van der Waals surface area contributed by atoms with Crippen LogP contribution in [0.1, 0.15) is 12.5 Å². The number of halogens is 2. The predicted molar refractivity (Wildman–Crippen MR) is 96.1 cm³/mol. The second kappa shape index (κ2) is 7.98. The molecule has 0 spiro atoms. The first-order valence-corrected chi connectivity index (χ1v) is 9.39. The van der Waals surface area contributed by atoms with Crippen LogP contribution >= 0.6 is 23.2 Å². The van der Waals surface area contributed by atoms with Crippen molar-refractivity contribution in [1.29, 1.82) is 0 Å². The maximum absolute atomic E-state index is 12.1. The lowest BCUT2D eigenvalue weighted by molar-refractivity contribution is -0.115. The highest BCUT2D eigenvalue weighted by molar-refractivity contribution is 7.89. The minimum atomic E-state index is -3.85. The van der Waals surface area contributed by atoms with E-state index in [2.05, 4.69) is 10.0 Å². The van der Waals surface area contributed by atoms with Crippen molar-refractivity contribution < 1.29 is 13.2 Å². The summed E-state index contributed by atoms with van der Waals surface area (Å²) in [6.45, 7) is 1.64. The van der Waals surface area contributed by atoms with E-state index in [1.54, 1.807) is 12.1 Å². The fourth-order valence-corrected chi connectivity index (χ4v) is 3.29. The molecule has 0 atom stereocenters. The van der Waals surface area contributed by atoms with Gasteiger partial charge in [-0.05, 0) is 42.3 Å². The Morgan fingerprint density at radius 2 is 1.71 bits per heavy atom. The Labute approximate surface area is 151 Å². The van der Waals surface area contributed by atoms with Gasteiger partial charge in [0, 0.05) is 5.69 Å².